The van der Waals surface area contributed by atoms with Crippen LogP contribution in [-0.4, -0.2) is 12.5 Å². The normalized spacial score (nSPS) is 17.0. The number of carbonyl (C=O) groups excluding carboxylic acids is 1. The molecule has 0 bridgehead atoms. The lowest BCUT2D eigenvalue weighted by molar-refractivity contribution is -0.125. The number of nitrogen functional groups attached to an aromatic ring is 1. The zero-order valence-electron chi connectivity index (χ0n) is 11.6. The topological polar surface area (TPSA) is 102 Å². The van der Waals surface area contributed by atoms with Crippen LogP contribution in [0, 0.1) is 22.7 Å². The molecule has 2 rings (SSSR count). The first-order valence-corrected chi connectivity index (χ1v) is 6.76. The summed E-state index contributed by atoms with van der Waals surface area (Å²) in [5.74, 6) is 0.292. The van der Waals surface area contributed by atoms with E-state index in [2.05, 4.69) is 0 Å². The van der Waals surface area contributed by atoms with Crippen molar-refractivity contribution in [2.75, 3.05) is 12.3 Å². The minimum absolute atomic E-state index is 0.0768. The molecule has 0 radical (unpaired) electrons. The molecule has 1 unspecified atom stereocenters. The Labute approximate surface area is 118 Å². The lowest BCUT2D eigenvalue weighted by Crippen LogP contribution is -2.34. The van der Waals surface area contributed by atoms with Crippen LogP contribution in [0.15, 0.2) is 18.2 Å². The van der Waals surface area contributed by atoms with E-state index in [4.69, 9.17) is 21.5 Å². The van der Waals surface area contributed by atoms with Crippen LogP contribution >= 0.6 is 0 Å². The molecule has 1 atom stereocenters. The summed E-state index contributed by atoms with van der Waals surface area (Å²) in [6.07, 6.45) is 2.46. The molecule has 5 heteroatoms. The van der Waals surface area contributed by atoms with E-state index in [1.54, 1.807) is 18.2 Å². The van der Waals surface area contributed by atoms with Crippen molar-refractivity contribution in [2.24, 2.45) is 17.1 Å². The Morgan fingerprint density at radius 2 is 2.25 bits per heavy atom. The average Bonchev–Trinajstić information content (AvgIpc) is 3.21. The lowest BCUT2D eigenvalue weighted by Gasteiger charge is -2.23. The minimum atomic E-state index is -0.415. The molecule has 1 saturated carbocycles. The summed E-state index contributed by atoms with van der Waals surface area (Å²) >= 11 is 0. The number of hydrogen-bond donors (Lipinski definition) is 2. The van der Waals surface area contributed by atoms with Crippen LogP contribution in [0.5, 0.6) is 5.75 Å². The molecule has 5 nitrogen and oxygen atoms in total. The third kappa shape index (κ3) is 2.42. The molecule has 1 aromatic carbocycles. The van der Waals surface area contributed by atoms with Crippen LogP contribution in [0.2, 0.25) is 0 Å². The minimum Gasteiger partial charge on any atom is -0.492 e. The fraction of sp³-hybridized carbons (Fsp3) is 0.467. The van der Waals surface area contributed by atoms with Gasteiger partial charge in [-0.25, -0.2) is 0 Å². The van der Waals surface area contributed by atoms with E-state index >= 15 is 0 Å². The first-order chi connectivity index (χ1) is 9.55. The van der Waals surface area contributed by atoms with Crippen LogP contribution in [0.1, 0.15) is 31.7 Å². The van der Waals surface area contributed by atoms with Crippen LogP contribution in [0.4, 0.5) is 5.69 Å². The third-order valence-corrected chi connectivity index (χ3v) is 4.16. The summed E-state index contributed by atoms with van der Waals surface area (Å²) in [5, 5.41) is 9.10. The van der Waals surface area contributed by atoms with Gasteiger partial charge in [-0.15, -0.1) is 0 Å². The Morgan fingerprint density at radius 1 is 1.55 bits per heavy atom. The molecule has 0 saturated heterocycles. The molecule has 0 aromatic heterocycles. The number of rotatable bonds is 6. The standard InChI is InChI=1S/C15H19N3O2/c1-2-10(15(6-7-15)14(18)19)9-20-13-5-3-4-12(17)11(13)8-16/h3-5,10H,2,6-7,9,17H2,1H3,(H2,18,19). The lowest BCUT2D eigenvalue weighted by atomic mass is 9.87. The van der Waals surface area contributed by atoms with E-state index in [-0.39, 0.29) is 11.8 Å². The van der Waals surface area contributed by atoms with Gasteiger partial charge in [0.25, 0.3) is 0 Å². The van der Waals surface area contributed by atoms with E-state index in [0.29, 0.717) is 23.6 Å². The number of carbonyl (C=O) groups is 1. The zero-order chi connectivity index (χ0) is 14.8. The van der Waals surface area contributed by atoms with E-state index in [1.807, 2.05) is 13.0 Å². The summed E-state index contributed by atoms with van der Waals surface area (Å²) < 4.78 is 5.73. The van der Waals surface area contributed by atoms with Gasteiger partial charge in [-0.05, 0) is 31.4 Å². The first-order valence-electron chi connectivity index (χ1n) is 6.76. The highest BCUT2D eigenvalue weighted by Gasteiger charge is 2.53. The molecule has 106 valence electrons. The summed E-state index contributed by atoms with van der Waals surface area (Å²) in [5.41, 5.74) is 11.6. The summed E-state index contributed by atoms with van der Waals surface area (Å²) in [6, 6.07) is 7.16. The van der Waals surface area contributed by atoms with Gasteiger partial charge in [0.05, 0.1) is 17.7 Å². The maximum Gasteiger partial charge on any atom is 0.224 e. The number of benzene rings is 1. The Balaban J connectivity index is 2.11. The van der Waals surface area contributed by atoms with Crippen LogP contribution in [0.3, 0.4) is 0 Å². The van der Waals surface area contributed by atoms with Gasteiger partial charge in [-0.2, -0.15) is 5.26 Å². The Hall–Kier alpha value is -2.22. The van der Waals surface area contributed by atoms with Crippen molar-refractivity contribution in [2.45, 2.75) is 26.2 Å². The second-order valence-corrected chi connectivity index (χ2v) is 5.27. The van der Waals surface area contributed by atoms with Gasteiger partial charge in [0.1, 0.15) is 17.4 Å². The van der Waals surface area contributed by atoms with Gasteiger partial charge in [-0.3, -0.25) is 4.79 Å². The predicted molar refractivity (Wildman–Crippen MR) is 75.7 cm³/mol. The van der Waals surface area contributed by atoms with Crippen molar-refractivity contribution in [1.29, 1.82) is 5.26 Å². The Bertz CT molecular complexity index is 559. The number of nitriles is 1. The average molecular weight is 273 g/mol. The van der Waals surface area contributed by atoms with Gasteiger partial charge in [0.2, 0.25) is 5.91 Å². The van der Waals surface area contributed by atoms with Crippen LogP contribution in [0.25, 0.3) is 0 Å². The first kappa shape index (κ1) is 14.2. The van der Waals surface area contributed by atoms with E-state index < -0.39 is 5.41 Å². The highest BCUT2D eigenvalue weighted by molar-refractivity contribution is 5.84. The molecule has 1 aliphatic rings. The summed E-state index contributed by atoms with van der Waals surface area (Å²) in [6.45, 7) is 2.39. The molecule has 1 aromatic rings. The number of nitrogens with two attached hydrogens (primary N) is 2. The van der Waals surface area contributed by atoms with Crippen molar-refractivity contribution >= 4 is 11.6 Å². The number of amides is 1. The highest BCUT2D eigenvalue weighted by Crippen LogP contribution is 2.53. The third-order valence-electron chi connectivity index (χ3n) is 4.16. The van der Waals surface area contributed by atoms with Crippen molar-refractivity contribution in [1.82, 2.24) is 0 Å². The maximum absolute atomic E-state index is 11.6. The predicted octanol–water partition coefficient (Wildman–Crippen LogP) is 1.81. The second-order valence-electron chi connectivity index (χ2n) is 5.27. The fourth-order valence-corrected chi connectivity index (χ4v) is 2.64. The van der Waals surface area contributed by atoms with Crippen molar-refractivity contribution in [3.05, 3.63) is 23.8 Å². The number of primary amides is 1. The van der Waals surface area contributed by atoms with E-state index in [9.17, 15) is 4.79 Å². The smallest absolute Gasteiger partial charge is 0.224 e. The highest BCUT2D eigenvalue weighted by atomic mass is 16.5. The molecule has 0 spiro atoms. The second kappa shape index (κ2) is 5.41. The van der Waals surface area contributed by atoms with Gasteiger partial charge in [-0.1, -0.05) is 13.0 Å². The number of ether oxygens (including phenoxy) is 1. The largest absolute Gasteiger partial charge is 0.492 e. The molecule has 0 heterocycles. The fourth-order valence-electron chi connectivity index (χ4n) is 2.64. The number of nitrogens with zero attached hydrogens (tertiary/aromatic N) is 1. The number of anilines is 1. The summed E-state index contributed by atoms with van der Waals surface area (Å²) in [4.78, 5) is 11.6. The molecular formula is C15H19N3O2. The van der Waals surface area contributed by atoms with Gasteiger partial charge < -0.3 is 16.2 Å². The van der Waals surface area contributed by atoms with E-state index in [0.717, 1.165) is 19.3 Å². The van der Waals surface area contributed by atoms with Gasteiger partial charge in [0, 0.05) is 5.92 Å². The molecule has 4 N–H and O–H groups in total. The Kier molecular flexibility index (Phi) is 3.84. The molecule has 1 fully saturated rings. The van der Waals surface area contributed by atoms with Crippen molar-refractivity contribution in [3.63, 3.8) is 0 Å². The van der Waals surface area contributed by atoms with Crippen molar-refractivity contribution < 1.29 is 9.53 Å². The zero-order valence-corrected chi connectivity index (χ0v) is 11.6. The van der Waals surface area contributed by atoms with Gasteiger partial charge >= 0.3 is 0 Å². The molecular weight excluding hydrogens is 254 g/mol. The molecule has 1 amide bonds. The molecule has 20 heavy (non-hydrogen) atoms. The quantitative estimate of drug-likeness (QED) is 0.771. The molecule has 1 aliphatic carbocycles. The Morgan fingerprint density at radius 3 is 2.75 bits per heavy atom. The number of hydrogen-bond acceptors (Lipinski definition) is 4. The SMILES string of the molecule is CCC(COc1cccc(N)c1C#N)C1(C(N)=O)CC1. The van der Waals surface area contributed by atoms with Gasteiger partial charge in [0.15, 0.2) is 0 Å². The monoisotopic (exact) mass is 273 g/mol. The van der Waals surface area contributed by atoms with Crippen molar-refractivity contribution in [3.8, 4) is 11.8 Å². The molecule has 0 aliphatic heterocycles. The van der Waals surface area contributed by atoms with Crippen LogP contribution < -0.4 is 16.2 Å². The maximum atomic E-state index is 11.6. The van der Waals surface area contributed by atoms with E-state index in [1.165, 1.54) is 0 Å². The van der Waals surface area contributed by atoms with Crippen LogP contribution in [-0.2, 0) is 4.79 Å². The summed E-state index contributed by atoms with van der Waals surface area (Å²) in [7, 11) is 0.